The fraction of sp³-hybridized carbons (Fsp3) is 0.929. The van der Waals surface area contributed by atoms with Crippen LogP contribution in [0.15, 0.2) is 4.99 Å². The minimum Gasteiger partial charge on any atom is -0.357 e. The van der Waals surface area contributed by atoms with E-state index in [1.54, 1.807) is 4.31 Å². The molecule has 0 atom stereocenters. The van der Waals surface area contributed by atoms with Crippen LogP contribution in [0.5, 0.6) is 0 Å². The second kappa shape index (κ2) is 8.58. The first-order valence-electron chi connectivity index (χ1n) is 7.80. The molecule has 1 aliphatic heterocycles. The zero-order chi connectivity index (χ0) is 15.9. The van der Waals surface area contributed by atoms with Crippen molar-refractivity contribution >= 4 is 16.0 Å². The van der Waals surface area contributed by atoms with Crippen molar-refractivity contribution in [2.75, 3.05) is 39.0 Å². The van der Waals surface area contributed by atoms with E-state index in [2.05, 4.69) is 36.4 Å². The lowest BCUT2D eigenvalue weighted by Gasteiger charge is -2.30. The molecule has 21 heavy (non-hydrogen) atoms. The smallest absolute Gasteiger partial charge is 0.211 e. The minimum absolute atomic E-state index is 0.505. The lowest BCUT2D eigenvalue weighted by atomic mass is 9.98. The Kier molecular flexibility index (Phi) is 7.45. The maximum absolute atomic E-state index is 11.5. The van der Waals surface area contributed by atoms with E-state index in [4.69, 9.17) is 0 Å². The van der Waals surface area contributed by atoms with E-state index in [-0.39, 0.29) is 0 Å². The molecule has 124 valence electrons. The standard InChI is InChI=1S/C14H30N4O2S/c1-5-15-14(16-10-12(2)3)17-11-13-6-8-18(9-7-13)21(4,19)20/h12-13H,5-11H2,1-4H3,(H2,15,16,17). The molecule has 0 amide bonds. The van der Waals surface area contributed by atoms with Crippen LogP contribution in [-0.2, 0) is 10.0 Å². The molecule has 6 nitrogen and oxygen atoms in total. The van der Waals surface area contributed by atoms with Crippen molar-refractivity contribution in [3.8, 4) is 0 Å². The highest BCUT2D eigenvalue weighted by atomic mass is 32.2. The van der Waals surface area contributed by atoms with Gasteiger partial charge in [-0.05, 0) is 31.6 Å². The van der Waals surface area contributed by atoms with E-state index >= 15 is 0 Å². The average Bonchev–Trinajstić information content (AvgIpc) is 2.41. The first-order valence-corrected chi connectivity index (χ1v) is 9.65. The van der Waals surface area contributed by atoms with Crippen LogP contribution in [-0.4, -0.2) is 57.7 Å². The van der Waals surface area contributed by atoms with E-state index in [0.717, 1.165) is 38.4 Å². The van der Waals surface area contributed by atoms with Gasteiger partial charge in [0.2, 0.25) is 10.0 Å². The quantitative estimate of drug-likeness (QED) is 0.563. The van der Waals surface area contributed by atoms with Gasteiger partial charge in [-0.2, -0.15) is 0 Å². The second-order valence-corrected chi connectivity index (χ2v) is 8.08. The van der Waals surface area contributed by atoms with E-state index in [9.17, 15) is 8.42 Å². The van der Waals surface area contributed by atoms with Gasteiger partial charge in [0.15, 0.2) is 5.96 Å². The molecule has 0 unspecified atom stereocenters. The van der Waals surface area contributed by atoms with Crippen LogP contribution in [0.1, 0.15) is 33.6 Å². The molecule has 0 aromatic rings. The summed E-state index contributed by atoms with van der Waals surface area (Å²) < 4.78 is 24.5. The molecule has 0 bridgehead atoms. The Balaban J connectivity index is 2.39. The predicted molar refractivity (Wildman–Crippen MR) is 88.0 cm³/mol. The number of nitrogens with one attached hydrogen (secondary N) is 2. The Morgan fingerprint density at radius 1 is 1.29 bits per heavy atom. The molecule has 1 rings (SSSR count). The summed E-state index contributed by atoms with van der Waals surface area (Å²) in [6, 6.07) is 0. The van der Waals surface area contributed by atoms with Crippen LogP contribution in [0.3, 0.4) is 0 Å². The second-order valence-electron chi connectivity index (χ2n) is 6.10. The normalized spacial score (nSPS) is 19.0. The number of hydrogen-bond acceptors (Lipinski definition) is 3. The van der Waals surface area contributed by atoms with Gasteiger partial charge >= 0.3 is 0 Å². The molecule has 0 saturated carbocycles. The molecule has 1 saturated heterocycles. The highest BCUT2D eigenvalue weighted by Crippen LogP contribution is 2.18. The van der Waals surface area contributed by atoms with Crippen LogP contribution in [0.2, 0.25) is 0 Å². The highest BCUT2D eigenvalue weighted by molar-refractivity contribution is 7.88. The number of piperidine rings is 1. The third kappa shape index (κ3) is 7.13. The Bertz CT molecular complexity index is 426. The summed E-state index contributed by atoms with van der Waals surface area (Å²) in [5.41, 5.74) is 0. The van der Waals surface area contributed by atoms with Gasteiger partial charge in [0.05, 0.1) is 6.26 Å². The van der Waals surface area contributed by atoms with Crippen LogP contribution in [0, 0.1) is 11.8 Å². The molecule has 7 heteroatoms. The average molecular weight is 318 g/mol. The fourth-order valence-corrected chi connectivity index (χ4v) is 3.18. The fourth-order valence-electron chi connectivity index (χ4n) is 2.30. The predicted octanol–water partition coefficient (Wildman–Crippen LogP) is 0.869. The molecule has 0 radical (unpaired) electrons. The van der Waals surface area contributed by atoms with Crippen molar-refractivity contribution in [2.24, 2.45) is 16.8 Å². The first kappa shape index (κ1) is 18.2. The van der Waals surface area contributed by atoms with Crippen molar-refractivity contribution in [1.29, 1.82) is 0 Å². The molecular formula is C14H30N4O2S. The molecule has 0 spiro atoms. The largest absolute Gasteiger partial charge is 0.357 e. The summed E-state index contributed by atoms with van der Waals surface area (Å²) in [7, 11) is -3.03. The van der Waals surface area contributed by atoms with Gasteiger partial charge in [-0.1, -0.05) is 13.8 Å². The molecular weight excluding hydrogens is 288 g/mol. The number of guanidine groups is 1. The topological polar surface area (TPSA) is 73.8 Å². The van der Waals surface area contributed by atoms with Gasteiger partial charge in [0.1, 0.15) is 0 Å². The zero-order valence-corrected chi connectivity index (χ0v) is 14.5. The Morgan fingerprint density at radius 3 is 2.38 bits per heavy atom. The number of sulfonamides is 1. The Hall–Kier alpha value is -0.820. The maximum atomic E-state index is 11.5. The van der Waals surface area contributed by atoms with Crippen molar-refractivity contribution in [1.82, 2.24) is 14.9 Å². The number of rotatable bonds is 6. The van der Waals surface area contributed by atoms with Crippen molar-refractivity contribution in [2.45, 2.75) is 33.6 Å². The van der Waals surface area contributed by atoms with Gasteiger partial charge in [-0.25, -0.2) is 12.7 Å². The molecule has 1 heterocycles. The lowest BCUT2D eigenvalue weighted by molar-refractivity contribution is 0.275. The molecule has 0 aromatic heterocycles. The molecule has 0 aromatic carbocycles. The summed E-state index contributed by atoms with van der Waals surface area (Å²) in [5, 5.41) is 6.61. The summed E-state index contributed by atoms with van der Waals surface area (Å²) in [4.78, 5) is 4.54. The zero-order valence-electron chi connectivity index (χ0n) is 13.7. The van der Waals surface area contributed by atoms with E-state index in [0.29, 0.717) is 24.9 Å². The van der Waals surface area contributed by atoms with Crippen molar-refractivity contribution in [3.05, 3.63) is 0 Å². The lowest BCUT2D eigenvalue weighted by Crippen LogP contribution is -2.44. The van der Waals surface area contributed by atoms with Gasteiger partial charge in [0.25, 0.3) is 0 Å². The van der Waals surface area contributed by atoms with Gasteiger partial charge in [-0.15, -0.1) is 0 Å². The first-order chi connectivity index (χ1) is 9.82. The van der Waals surface area contributed by atoms with E-state index < -0.39 is 10.0 Å². The summed E-state index contributed by atoms with van der Waals surface area (Å²) in [6.45, 7) is 10.1. The molecule has 1 aliphatic rings. The number of aliphatic imine (C=N–C) groups is 1. The van der Waals surface area contributed by atoms with Crippen LogP contribution >= 0.6 is 0 Å². The van der Waals surface area contributed by atoms with Gasteiger partial charge < -0.3 is 10.6 Å². The molecule has 2 N–H and O–H groups in total. The summed E-state index contributed by atoms with van der Waals surface area (Å²) >= 11 is 0. The van der Waals surface area contributed by atoms with E-state index in [1.807, 2.05) is 0 Å². The Morgan fingerprint density at radius 2 is 1.90 bits per heavy atom. The number of nitrogens with zero attached hydrogens (tertiary/aromatic N) is 2. The summed E-state index contributed by atoms with van der Waals surface area (Å²) in [6.07, 6.45) is 3.10. The minimum atomic E-state index is -3.03. The van der Waals surface area contributed by atoms with Gasteiger partial charge in [-0.3, -0.25) is 4.99 Å². The van der Waals surface area contributed by atoms with E-state index in [1.165, 1.54) is 6.26 Å². The van der Waals surface area contributed by atoms with Gasteiger partial charge in [0, 0.05) is 32.7 Å². The molecule has 0 aliphatic carbocycles. The third-order valence-corrected chi connectivity index (χ3v) is 4.86. The van der Waals surface area contributed by atoms with Crippen molar-refractivity contribution in [3.63, 3.8) is 0 Å². The Labute approximate surface area is 129 Å². The maximum Gasteiger partial charge on any atom is 0.211 e. The monoisotopic (exact) mass is 318 g/mol. The molecule has 1 fully saturated rings. The van der Waals surface area contributed by atoms with Crippen LogP contribution in [0.25, 0.3) is 0 Å². The van der Waals surface area contributed by atoms with Crippen LogP contribution < -0.4 is 10.6 Å². The number of hydrogen-bond donors (Lipinski definition) is 2. The highest BCUT2D eigenvalue weighted by Gasteiger charge is 2.24. The third-order valence-electron chi connectivity index (χ3n) is 3.56. The van der Waals surface area contributed by atoms with Crippen LogP contribution in [0.4, 0.5) is 0 Å². The SMILES string of the molecule is CCNC(=NCC(C)C)NCC1CCN(S(C)(=O)=O)CC1. The van der Waals surface area contributed by atoms with Crippen molar-refractivity contribution < 1.29 is 8.42 Å². The summed E-state index contributed by atoms with van der Waals surface area (Å²) in [5.74, 6) is 1.90.